The van der Waals surface area contributed by atoms with Gasteiger partial charge in [-0.1, -0.05) is 98.7 Å². The number of rotatable bonds is 14. The Kier molecular flexibility index (Phi) is 11.3. The van der Waals surface area contributed by atoms with E-state index in [9.17, 15) is 0 Å². The number of likely N-dealkylation sites (N-methyl/N-ethyl adjacent to an activating group) is 2. The van der Waals surface area contributed by atoms with Gasteiger partial charge in [0, 0.05) is 24.2 Å². The van der Waals surface area contributed by atoms with Crippen molar-refractivity contribution in [1.82, 2.24) is 9.80 Å². The van der Waals surface area contributed by atoms with Crippen molar-refractivity contribution in [2.24, 2.45) is 10.3 Å². The van der Waals surface area contributed by atoms with Crippen LogP contribution in [0.25, 0.3) is 11.1 Å². The van der Waals surface area contributed by atoms with Gasteiger partial charge < -0.3 is 24.2 Å². The van der Waals surface area contributed by atoms with Crippen molar-refractivity contribution >= 4 is 11.4 Å². The number of ether oxygens (including phenoxy) is 1. The van der Waals surface area contributed by atoms with Crippen molar-refractivity contribution in [1.29, 1.82) is 0 Å². The average molecular weight is 557 g/mol. The highest BCUT2D eigenvalue weighted by atomic mass is 16.6. The fraction of sp³-hybridized carbons (Fsp3) is 0.412. The van der Waals surface area contributed by atoms with Crippen LogP contribution in [-0.2, 0) is 9.68 Å². The molecule has 1 aliphatic rings. The summed E-state index contributed by atoms with van der Waals surface area (Å²) in [6, 6.07) is 24.9. The molecule has 0 amide bonds. The van der Waals surface area contributed by atoms with Crippen LogP contribution in [0.3, 0.4) is 0 Å². The monoisotopic (exact) mass is 556 g/mol. The highest BCUT2D eigenvalue weighted by Crippen LogP contribution is 2.39. The van der Waals surface area contributed by atoms with Crippen molar-refractivity contribution in [3.63, 3.8) is 0 Å². The number of fused-ring (bicyclic) bond motifs is 3. The van der Waals surface area contributed by atoms with Gasteiger partial charge in [0.15, 0.2) is 0 Å². The van der Waals surface area contributed by atoms with Crippen LogP contribution < -0.4 is 4.74 Å². The van der Waals surface area contributed by atoms with Gasteiger partial charge in [-0.05, 0) is 55.0 Å². The number of hydrogen-bond donors (Lipinski definition) is 0. The molecular formula is C34H44N4O3. The Morgan fingerprint density at radius 3 is 1.39 bits per heavy atom. The predicted molar refractivity (Wildman–Crippen MR) is 168 cm³/mol. The van der Waals surface area contributed by atoms with Gasteiger partial charge in [0.2, 0.25) is 0 Å². The van der Waals surface area contributed by atoms with Gasteiger partial charge in [-0.3, -0.25) is 0 Å². The molecule has 0 atom stereocenters. The minimum absolute atomic E-state index is 0.312. The first-order valence-electron chi connectivity index (χ1n) is 14.8. The van der Waals surface area contributed by atoms with Crippen molar-refractivity contribution in [3.05, 3.63) is 89.5 Å². The molecule has 3 aromatic carbocycles. The normalized spacial score (nSPS) is 16.5. The third-order valence-electron chi connectivity index (χ3n) is 7.80. The minimum Gasteiger partial charge on any atom is -0.497 e. The smallest absolute Gasteiger partial charge is 0.129 e. The highest BCUT2D eigenvalue weighted by Gasteiger charge is 2.34. The summed E-state index contributed by atoms with van der Waals surface area (Å²) in [6.45, 7) is 15.2. The molecule has 218 valence electrons. The van der Waals surface area contributed by atoms with E-state index >= 15 is 0 Å². The summed E-state index contributed by atoms with van der Waals surface area (Å²) < 4.78 is 5.47. The summed E-state index contributed by atoms with van der Waals surface area (Å²) in [5, 5.41) is 9.71. The molecular weight excluding hydrogens is 512 g/mol. The van der Waals surface area contributed by atoms with E-state index in [1.165, 1.54) is 0 Å². The second kappa shape index (κ2) is 15.4. The molecule has 0 N–H and O–H groups in total. The summed E-state index contributed by atoms with van der Waals surface area (Å²) in [5.41, 5.74) is 6.91. The second-order valence-corrected chi connectivity index (χ2v) is 9.97. The molecule has 0 saturated carbocycles. The molecule has 7 nitrogen and oxygen atoms in total. The number of hydrogen-bond acceptors (Lipinski definition) is 7. The van der Waals surface area contributed by atoms with Crippen LogP contribution in [0.2, 0.25) is 0 Å². The van der Waals surface area contributed by atoms with Gasteiger partial charge in [0.25, 0.3) is 0 Å². The lowest BCUT2D eigenvalue weighted by Gasteiger charge is -2.22. The molecule has 0 heterocycles. The SMILES string of the molecule is CCN(CC)CCON=C1c2ccccc2-c2ccccc2C(=NOCCN(CC)CC)C1c1ccc(OC)cc1. The molecule has 0 aliphatic heterocycles. The van der Waals surface area contributed by atoms with E-state index in [0.717, 1.165) is 84.3 Å². The lowest BCUT2D eigenvalue weighted by molar-refractivity contribution is 0.112. The van der Waals surface area contributed by atoms with Crippen LogP contribution in [0.15, 0.2) is 83.1 Å². The van der Waals surface area contributed by atoms with Crippen molar-refractivity contribution in [3.8, 4) is 16.9 Å². The fourth-order valence-electron chi connectivity index (χ4n) is 5.29. The van der Waals surface area contributed by atoms with E-state index < -0.39 is 0 Å². The molecule has 1 aliphatic carbocycles. The van der Waals surface area contributed by atoms with Crippen LogP contribution in [0, 0.1) is 0 Å². The topological polar surface area (TPSA) is 58.9 Å². The fourth-order valence-corrected chi connectivity index (χ4v) is 5.29. The Labute approximate surface area is 245 Å². The zero-order valence-electron chi connectivity index (χ0n) is 25.2. The maximum atomic E-state index is 6.07. The number of methoxy groups -OCH3 is 1. The van der Waals surface area contributed by atoms with E-state index in [-0.39, 0.29) is 5.92 Å². The van der Waals surface area contributed by atoms with Crippen LogP contribution >= 0.6 is 0 Å². The van der Waals surface area contributed by atoms with Gasteiger partial charge in [0.05, 0.1) is 13.0 Å². The molecule has 0 unspecified atom stereocenters. The highest BCUT2D eigenvalue weighted by molar-refractivity contribution is 6.29. The number of nitrogens with zero attached hydrogens (tertiary/aromatic N) is 4. The lowest BCUT2D eigenvalue weighted by Crippen LogP contribution is -2.28. The Morgan fingerprint density at radius 2 is 1.00 bits per heavy atom. The quantitative estimate of drug-likeness (QED) is 0.173. The molecule has 3 aromatic rings. The van der Waals surface area contributed by atoms with Crippen molar-refractivity contribution in [2.45, 2.75) is 33.6 Å². The number of oxime groups is 2. The zero-order valence-corrected chi connectivity index (χ0v) is 25.2. The Balaban J connectivity index is 1.84. The van der Waals surface area contributed by atoms with Crippen molar-refractivity contribution < 1.29 is 14.4 Å². The van der Waals surface area contributed by atoms with Crippen LogP contribution in [-0.4, -0.2) is 80.8 Å². The Bertz CT molecular complexity index is 1220. The third-order valence-corrected chi connectivity index (χ3v) is 7.80. The minimum atomic E-state index is -0.312. The average Bonchev–Trinajstić information content (AvgIpc) is 3.14. The second-order valence-electron chi connectivity index (χ2n) is 9.97. The van der Waals surface area contributed by atoms with Crippen LogP contribution in [0.5, 0.6) is 5.75 Å². The first-order chi connectivity index (χ1) is 20.1. The molecule has 0 bridgehead atoms. The largest absolute Gasteiger partial charge is 0.497 e. The van der Waals surface area contributed by atoms with Gasteiger partial charge in [-0.2, -0.15) is 0 Å². The maximum absolute atomic E-state index is 6.07. The first kappa shape index (κ1) is 30.3. The summed E-state index contributed by atoms with van der Waals surface area (Å²) in [6.07, 6.45) is 0. The first-order valence-corrected chi connectivity index (χ1v) is 14.8. The molecule has 0 saturated heterocycles. The van der Waals surface area contributed by atoms with Crippen LogP contribution in [0.4, 0.5) is 0 Å². The van der Waals surface area contributed by atoms with Gasteiger partial charge in [-0.25, -0.2) is 0 Å². The number of benzene rings is 3. The predicted octanol–water partition coefficient (Wildman–Crippen LogP) is 6.28. The third kappa shape index (κ3) is 7.34. The molecule has 7 heteroatoms. The molecule has 0 fully saturated rings. The standard InChI is InChI=1S/C34H44N4O3/c1-6-37(7-2)22-24-40-35-33-30-16-12-10-14-28(30)29-15-11-13-17-31(29)34(36-41-25-23-38(8-3)9-4)32(33)26-18-20-27(39-5)21-19-26/h10-21,32H,6-9,22-25H2,1-5H3. The van der Waals surface area contributed by atoms with E-state index in [4.69, 9.17) is 24.7 Å². The van der Waals surface area contributed by atoms with E-state index in [1.54, 1.807) is 7.11 Å². The lowest BCUT2D eigenvalue weighted by atomic mass is 9.85. The summed E-state index contributed by atoms with van der Waals surface area (Å²) in [7, 11) is 1.68. The summed E-state index contributed by atoms with van der Waals surface area (Å²) in [4.78, 5) is 16.8. The molecule has 41 heavy (non-hydrogen) atoms. The van der Waals surface area contributed by atoms with Gasteiger partial charge >= 0.3 is 0 Å². The van der Waals surface area contributed by atoms with Crippen LogP contribution in [0.1, 0.15) is 50.3 Å². The summed E-state index contributed by atoms with van der Waals surface area (Å²) >= 11 is 0. The van der Waals surface area contributed by atoms with E-state index in [1.807, 2.05) is 12.1 Å². The molecule has 0 radical (unpaired) electrons. The maximum Gasteiger partial charge on any atom is 0.129 e. The molecule has 0 aromatic heterocycles. The van der Waals surface area contributed by atoms with E-state index in [2.05, 4.69) is 98.2 Å². The van der Waals surface area contributed by atoms with E-state index in [0.29, 0.717) is 13.2 Å². The Morgan fingerprint density at radius 1 is 0.585 bits per heavy atom. The summed E-state index contributed by atoms with van der Waals surface area (Å²) in [5.74, 6) is 0.485. The Hall–Kier alpha value is -3.68. The van der Waals surface area contributed by atoms with Crippen molar-refractivity contribution in [2.75, 3.05) is 59.6 Å². The molecule has 4 rings (SSSR count). The van der Waals surface area contributed by atoms with Gasteiger partial charge in [-0.15, -0.1) is 0 Å². The van der Waals surface area contributed by atoms with Gasteiger partial charge in [0.1, 0.15) is 30.4 Å². The molecule has 0 spiro atoms. The zero-order chi connectivity index (χ0) is 29.0.